The van der Waals surface area contributed by atoms with Gasteiger partial charge in [-0.2, -0.15) is 0 Å². The van der Waals surface area contributed by atoms with E-state index < -0.39 is 11.8 Å². The van der Waals surface area contributed by atoms with Crippen LogP contribution in [0.5, 0.6) is 17.2 Å². The molecule has 0 atom stereocenters. The Balaban J connectivity index is 1.61. The fourth-order valence-corrected chi connectivity index (χ4v) is 6.67. The van der Waals surface area contributed by atoms with Gasteiger partial charge in [-0.25, -0.2) is 4.90 Å². The molecule has 6 aromatic carbocycles. The Morgan fingerprint density at radius 1 is 0.548 bits per heavy atom. The van der Waals surface area contributed by atoms with Crippen LogP contribution in [0.2, 0.25) is 0 Å². The minimum absolute atomic E-state index is 0.0803. The molecular weight excluding hydrogens is 526 g/mol. The van der Waals surface area contributed by atoms with E-state index in [1.807, 2.05) is 45.0 Å². The Hall–Kier alpha value is -4.84. The molecule has 2 amide bonds. The summed E-state index contributed by atoms with van der Waals surface area (Å²) in [5.41, 5.74) is 2.07. The highest BCUT2D eigenvalue weighted by Crippen LogP contribution is 2.51. The second-order valence-electron chi connectivity index (χ2n) is 13.4. The zero-order chi connectivity index (χ0) is 30.0. The molecule has 0 unspecified atom stereocenters. The normalized spacial score (nSPS) is 14.3. The molecular formula is C36H31NO5. The lowest BCUT2D eigenvalue weighted by Gasteiger charge is -2.34. The molecule has 0 aliphatic carbocycles. The first-order chi connectivity index (χ1) is 19.7. The molecule has 0 spiro atoms. The number of phenolic OH excluding ortho intramolecular Hbond substituents is 3. The van der Waals surface area contributed by atoms with E-state index >= 15 is 0 Å². The second kappa shape index (κ2) is 8.13. The standard InChI is InChI=1S/C36H31NO5/c1-35(2,3)17-10-12-23(36(4,5)6)24(14-17)37-33(41)21-15-26(39)30-19-9-7-8-18-25(38)13-11-20(28(18)19)31-27(40)16-22(34(37)42)29(21)32(30)31/h7-16,38-40H,1-6H3. The molecule has 1 heterocycles. The number of hydrogen-bond donors (Lipinski definition) is 3. The van der Waals surface area contributed by atoms with Crippen molar-refractivity contribution < 1.29 is 24.9 Å². The van der Waals surface area contributed by atoms with Gasteiger partial charge in [0.15, 0.2) is 0 Å². The molecule has 3 N–H and O–H groups in total. The Labute approximate surface area is 242 Å². The third-order valence-electron chi connectivity index (χ3n) is 8.70. The van der Waals surface area contributed by atoms with Gasteiger partial charge in [-0.3, -0.25) is 9.59 Å². The number of fused-ring (bicyclic) bond motifs is 2. The van der Waals surface area contributed by atoms with E-state index in [-0.39, 0.29) is 39.2 Å². The van der Waals surface area contributed by atoms with Crippen molar-refractivity contribution in [3.05, 3.63) is 82.9 Å². The zero-order valence-electron chi connectivity index (χ0n) is 24.4. The number of carbonyl (C=O) groups is 2. The Morgan fingerprint density at radius 2 is 1.12 bits per heavy atom. The van der Waals surface area contributed by atoms with E-state index in [0.29, 0.717) is 48.8 Å². The summed E-state index contributed by atoms with van der Waals surface area (Å²) < 4.78 is 0. The second-order valence-corrected chi connectivity index (χ2v) is 13.4. The summed E-state index contributed by atoms with van der Waals surface area (Å²) in [6.07, 6.45) is 0. The summed E-state index contributed by atoms with van der Waals surface area (Å²) in [7, 11) is 0. The van der Waals surface area contributed by atoms with Crippen molar-refractivity contribution in [1.82, 2.24) is 0 Å². The molecule has 1 aliphatic heterocycles. The van der Waals surface area contributed by atoms with E-state index in [1.165, 1.54) is 17.0 Å². The Morgan fingerprint density at radius 3 is 1.69 bits per heavy atom. The molecule has 6 nitrogen and oxygen atoms in total. The van der Waals surface area contributed by atoms with Crippen LogP contribution in [-0.2, 0) is 10.8 Å². The number of phenols is 3. The van der Waals surface area contributed by atoms with Crippen molar-refractivity contribution in [3.8, 4) is 17.2 Å². The summed E-state index contributed by atoms with van der Waals surface area (Å²) in [5, 5.41) is 37.9. The third kappa shape index (κ3) is 3.32. The zero-order valence-corrected chi connectivity index (χ0v) is 24.4. The van der Waals surface area contributed by atoms with Gasteiger partial charge >= 0.3 is 0 Å². The van der Waals surface area contributed by atoms with Crippen LogP contribution in [0, 0.1) is 0 Å². The summed E-state index contributed by atoms with van der Waals surface area (Å²) in [6, 6.07) is 17.5. The highest BCUT2D eigenvalue weighted by Gasteiger charge is 2.39. The van der Waals surface area contributed by atoms with Crippen LogP contribution in [-0.4, -0.2) is 27.1 Å². The molecule has 0 saturated carbocycles. The van der Waals surface area contributed by atoms with Gasteiger partial charge in [0.05, 0.1) is 16.8 Å². The van der Waals surface area contributed by atoms with Crippen LogP contribution >= 0.6 is 0 Å². The maximum absolute atomic E-state index is 14.4. The minimum atomic E-state index is -0.530. The first kappa shape index (κ1) is 26.1. The van der Waals surface area contributed by atoms with Crippen molar-refractivity contribution in [2.24, 2.45) is 0 Å². The predicted molar refractivity (Wildman–Crippen MR) is 168 cm³/mol. The van der Waals surface area contributed by atoms with Gasteiger partial charge in [-0.1, -0.05) is 71.9 Å². The number of hydrogen-bond acceptors (Lipinski definition) is 5. The quantitative estimate of drug-likeness (QED) is 0.107. The van der Waals surface area contributed by atoms with Gasteiger partial charge in [0, 0.05) is 32.3 Å². The fourth-order valence-electron chi connectivity index (χ4n) is 6.67. The number of carbonyl (C=O) groups excluding carboxylic acids is 2. The molecule has 210 valence electrons. The maximum atomic E-state index is 14.4. The Bertz CT molecular complexity index is 2100. The molecule has 7 rings (SSSR count). The first-order valence-corrected chi connectivity index (χ1v) is 14.0. The van der Waals surface area contributed by atoms with Crippen molar-refractivity contribution in [2.75, 3.05) is 4.90 Å². The summed E-state index contributed by atoms with van der Waals surface area (Å²) in [4.78, 5) is 30.0. The maximum Gasteiger partial charge on any atom is 0.266 e. The molecule has 1 aliphatic rings. The van der Waals surface area contributed by atoms with Crippen LogP contribution in [0.25, 0.3) is 43.1 Å². The van der Waals surface area contributed by atoms with Gasteiger partial charge in [-0.15, -0.1) is 0 Å². The number of amides is 2. The predicted octanol–water partition coefficient (Wildman–Crippen LogP) is 8.25. The van der Waals surface area contributed by atoms with Crippen LogP contribution in [0.1, 0.15) is 73.4 Å². The average Bonchev–Trinajstić information content (AvgIpc) is 2.91. The van der Waals surface area contributed by atoms with Gasteiger partial charge in [0.25, 0.3) is 11.8 Å². The summed E-state index contributed by atoms with van der Waals surface area (Å²) >= 11 is 0. The molecule has 0 saturated heterocycles. The van der Waals surface area contributed by atoms with Gasteiger partial charge in [-0.05, 0) is 63.1 Å². The van der Waals surface area contributed by atoms with E-state index in [1.54, 1.807) is 24.3 Å². The molecule has 42 heavy (non-hydrogen) atoms. The number of anilines is 1. The minimum Gasteiger partial charge on any atom is -0.507 e. The van der Waals surface area contributed by atoms with Crippen molar-refractivity contribution in [2.45, 2.75) is 52.4 Å². The lowest BCUT2D eigenvalue weighted by Crippen LogP contribution is -2.42. The highest BCUT2D eigenvalue weighted by molar-refractivity contribution is 6.44. The Kier molecular flexibility index (Phi) is 5.05. The van der Waals surface area contributed by atoms with Crippen LogP contribution in [0.4, 0.5) is 5.69 Å². The van der Waals surface area contributed by atoms with Crippen LogP contribution < -0.4 is 4.90 Å². The van der Waals surface area contributed by atoms with Crippen molar-refractivity contribution in [3.63, 3.8) is 0 Å². The SMILES string of the molecule is CC(C)(C)c1ccc(C(C)(C)C)c(N2C(=O)c3cc(O)c4c5cccc6c(O)ccc(c7c(O)cc(c3c47)C2=O)c65)c1. The molecule has 6 heteroatoms. The van der Waals surface area contributed by atoms with Crippen LogP contribution in [0.15, 0.2) is 60.7 Å². The average molecular weight is 558 g/mol. The molecule has 0 aromatic heterocycles. The molecule has 0 fully saturated rings. The highest BCUT2D eigenvalue weighted by atomic mass is 16.3. The smallest absolute Gasteiger partial charge is 0.266 e. The molecule has 0 radical (unpaired) electrons. The molecule has 0 bridgehead atoms. The largest absolute Gasteiger partial charge is 0.507 e. The fraction of sp³-hybridized carbons (Fsp3) is 0.222. The number of rotatable bonds is 1. The first-order valence-electron chi connectivity index (χ1n) is 14.0. The van der Waals surface area contributed by atoms with Gasteiger partial charge in [0.2, 0.25) is 0 Å². The summed E-state index contributed by atoms with van der Waals surface area (Å²) in [5.74, 6) is -1.26. The number of benzene rings is 6. The van der Waals surface area contributed by atoms with Gasteiger partial charge in [0.1, 0.15) is 17.2 Å². The number of aromatic hydroxyl groups is 3. The van der Waals surface area contributed by atoms with E-state index in [9.17, 15) is 24.9 Å². The van der Waals surface area contributed by atoms with Crippen molar-refractivity contribution >= 4 is 60.6 Å². The lowest BCUT2D eigenvalue weighted by atomic mass is 9.80. The monoisotopic (exact) mass is 557 g/mol. The number of imide groups is 1. The third-order valence-corrected chi connectivity index (χ3v) is 8.70. The van der Waals surface area contributed by atoms with Crippen LogP contribution in [0.3, 0.4) is 0 Å². The lowest BCUT2D eigenvalue weighted by molar-refractivity contribution is 0.0892. The van der Waals surface area contributed by atoms with E-state index in [2.05, 4.69) is 20.8 Å². The topological polar surface area (TPSA) is 98.1 Å². The van der Waals surface area contributed by atoms with Crippen molar-refractivity contribution in [1.29, 1.82) is 0 Å². The van der Waals surface area contributed by atoms with E-state index in [0.717, 1.165) is 11.1 Å². The summed E-state index contributed by atoms with van der Waals surface area (Å²) in [6.45, 7) is 12.3. The van der Waals surface area contributed by atoms with Gasteiger partial charge < -0.3 is 15.3 Å². The van der Waals surface area contributed by atoms with E-state index in [4.69, 9.17) is 0 Å². The number of nitrogens with zero attached hydrogens (tertiary/aromatic N) is 1. The molecule has 6 aromatic rings.